The molecule has 4 rings (SSSR count). The lowest BCUT2D eigenvalue weighted by Gasteiger charge is -2.33. The average Bonchev–Trinajstić information content (AvgIpc) is 3.31. The van der Waals surface area contributed by atoms with Crippen LogP contribution in [0.4, 0.5) is 0 Å². The number of fused-ring (bicyclic) bond motifs is 1. The van der Waals surface area contributed by atoms with Crippen molar-refractivity contribution >= 4 is 22.6 Å². The summed E-state index contributed by atoms with van der Waals surface area (Å²) >= 11 is 6.01. The number of benzene rings is 1. The monoisotopic (exact) mass is 479 g/mol. The maximum atomic E-state index is 13.5. The fourth-order valence-corrected chi connectivity index (χ4v) is 4.24. The van der Waals surface area contributed by atoms with Crippen molar-refractivity contribution in [1.82, 2.24) is 34.5 Å². The van der Waals surface area contributed by atoms with Crippen molar-refractivity contribution in [3.63, 3.8) is 0 Å². The standard InChI is InChI=1S/C25H30ClN7O/c1-4-21(32(13-12-31(2)3)16-19-10-11-22(26)27-14-19)24-29-23-20(15-28-30-23)25(34)33(24)17-18-8-6-5-7-9-18/h5-11,14-15,21H,4,12-13,16-17H2,1-3H3,(H,28,30). The summed E-state index contributed by atoms with van der Waals surface area (Å²) in [6.07, 6.45) is 4.15. The minimum absolute atomic E-state index is 0.0836. The number of likely N-dealkylation sites (N-methyl/N-ethyl adjacent to an activating group) is 1. The molecule has 0 aliphatic heterocycles. The Labute approximate surface area is 204 Å². The summed E-state index contributed by atoms with van der Waals surface area (Å²) in [4.78, 5) is 27.2. The van der Waals surface area contributed by atoms with Gasteiger partial charge in [-0.25, -0.2) is 9.97 Å². The van der Waals surface area contributed by atoms with E-state index in [2.05, 4.69) is 46.0 Å². The summed E-state index contributed by atoms with van der Waals surface area (Å²) in [6, 6.07) is 13.7. The molecule has 1 N–H and O–H groups in total. The molecule has 1 unspecified atom stereocenters. The number of aromatic amines is 1. The van der Waals surface area contributed by atoms with Crippen molar-refractivity contribution in [2.45, 2.75) is 32.5 Å². The van der Waals surface area contributed by atoms with Crippen LogP contribution in [0.2, 0.25) is 5.15 Å². The second-order valence-electron chi connectivity index (χ2n) is 8.67. The zero-order chi connectivity index (χ0) is 24.1. The maximum Gasteiger partial charge on any atom is 0.265 e. The number of nitrogens with zero attached hydrogens (tertiary/aromatic N) is 6. The van der Waals surface area contributed by atoms with E-state index in [1.807, 2.05) is 42.5 Å². The molecule has 1 atom stereocenters. The minimum atomic E-state index is -0.0863. The van der Waals surface area contributed by atoms with Gasteiger partial charge in [0.25, 0.3) is 5.56 Å². The highest BCUT2D eigenvalue weighted by atomic mass is 35.5. The lowest BCUT2D eigenvalue weighted by atomic mass is 10.1. The number of rotatable bonds is 10. The molecule has 8 nitrogen and oxygen atoms in total. The largest absolute Gasteiger partial charge is 0.308 e. The van der Waals surface area contributed by atoms with Crippen LogP contribution in [0.25, 0.3) is 11.0 Å². The zero-order valence-electron chi connectivity index (χ0n) is 19.8. The van der Waals surface area contributed by atoms with Crippen LogP contribution >= 0.6 is 11.6 Å². The molecule has 4 aromatic rings. The Morgan fingerprint density at radius 3 is 2.53 bits per heavy atom. The van der Waals surface area contributed by atoms with E-state index >= 15 is 0 Å². The van der Waals surface area contributed by atoms with Crippen LogP contribution in [-0.4, -0.2) is 61.7 Å². The van der Waals surface area contributed by atoms with Crippen LogP contribution < -0.4 is 5.56 Å². The molecule has 178 valence electrons. The van der Waals surface area contributed by atoms with E-state index < -0.39 is 0 Å². The van der Waals surface area contributed by atoms with Gasteiger partial charge in [0.1, 0.15) is 16.4 Å². The molecule has 0 saturated heterocycles. The van der Waals surface area contributed by atoms with E-state index in [0.29, 0.717) is 29.3 Å². The van der Waals surface area contributed by atoms with Crippen LogP contribution in [0, 0.1) is 0 Å². The normalized spacial score (nSPS) is 12.6. The molecule has 3 aromatic heterocycles. The second-order valence-corrected chi connectivity index (χ2v) is 9.05. The Hall–Kier alpha value is -3.07. The van der Waals surface area contributed by atoms with Gasteiger partial charge in [0, 0.05) is 25.8 Å². The first kappa shape index (κ1) is 24.1. The molecule has 9 heteroatoms. The van der Waals surface area contributed by atoms with Gasteiger partial charge >= 0.3 is 0 Å². The SMILES string of the molecule is CCC(c1nc2[nH]ncc2c(=O)n1Cc1ccccc1)N(CCN(C)C)Cc1ccc(Cl)nc1. The van der Waals surface area contributed by atoms with E-state index in [4.69, 9.17) is 16.6 Å². The molecule has 34 heavy (non-hydrogen) atoms. The first-order valence-corrected chi connectivity index (χ1v) is 11.8. The highest BCUT2D eigenvalue weighted by Crippen LogP contribution is 2.26. The molecule has 1 aromatic carbocycles. The summed E-state index contributed by atoms with van der Waals surface area (Å²) in [5.74, 6) is 0.730. The first-order valence-electron chi connectivity index (χ1n) is 11.4. The van der Waals surface area contributed by atoms with Crippen molar-refractivity contribution in [3.8, 4) is 0 Å². The summed E-state index contributed by atoms with van der Waals surface area (Å²) in [5, 5.41) is 7.93. The van der Waals surface area contributed by atoms with Crippen LogP contribution in [-0.2, 0) is 13.1 Å². The Bertz CT molecular complexity index is 1270. The number of hydrogen-bond acceptors (Lipinski definition) is 6. The molecule has 3 heterocycles. The third-order valence-electron chi connectivity index (χ3n) is 5.92. The Morgan fingerprint density at radius 1 is 1.06 bits per heavy atom. The van der Waals surface area contributed by atoms with Crippen LogP contribution in [0.3, 0.4) is 0 Å². The molecule has 0 saturated carbocycles. The third-order valence-corrected chi connectivity index (χ3v) is 6.14. The highest BCUT2D eigenvalue weighted by Gasteiger charge is 2.26. The predicted octanol–water partition coefficient (Wildman–Crippen LogP) is 3.73. The Balaban J connectivity index is 1.79. The van der Waals surface area contributed by atoms with Gasteiger partial charge in [-0.05, 0) is 37.7 Å². The fourth-order valence-electron chi connectivity index (χ4n) is 4.13. The molecular formula is C25H30ClN7O. The molecule has 0 aliphatic rings. The topological polar surface area (TPSA) is 82.9 Å². The average molecular weight is 480 g/mol. The Morgan fingerprint density at radius 2 is 1.85 bits per heavy atom. The molecular weight excluding hydrogens is 450 g/mol. The first-order chi connectivity index (χ1) is 16.5. The summed E-state index contributed by atoms with van der Waals surface area (Å²) in [5.41, 5.74) is 2.54. The van der Waals surface area contributed by atoms with Crippen molar-refractivity contribution in [2.24, 2.45) is 0 Å². The maximum absolute atomic E-state index is 13.5. The molecule has 0 radical (unpaired) electrons. The number of hydrogen-bond donors (Lipinski definition) is 1. The molecule has 0 bridgehead atoms. The highest BCUT2D eigenvalue weighted by molar-refractivity contribution is 6.29. The van der Waals surface area contributed by atoms with Crippen molar-refractivity contribution < 1.29 is 0 Å². The van der Waals surface area contributed by atoms with Gasteiger partial charge in [-0.15, -0.1) is 0 Å². The number of halogens is 1. The quantitative estimate of drug-likeness (QED) is 0.349. The van der Waals surface area contributed by atoms with Crippen LogP contribution in [0.5, 0.6) is 0 Å². The van der Waals surface area contributed by atoms with Crippen LogP contribution in [0.1, 0.15) is 36.3 Å². The smallest absolute Gasteiger partial charge is 0.265 e. The van der Waals surface area contributed by atoms with E-state index in [-0.39, 0.29) is 11.6 Å². The second kappa shape index (κ2) is 10.9. The van der Waals surface area contributed by atoms with Crippen molar-refractivity contribution in [2.75, 3.05) is 27.2 Å². The molecule has 0 spiro atoms. The molecule has 0 amide bonds. The number of pyridine rings is 1. The lowest BCUT2D eigenvalue weighted by molar-refractivity contribution is 0.155. The van der Waals surface area contributed by atoms with Gasteiger partial charge in [-0.1, -0.05) is 54.9 Å². The van der Waals surface area contributed by atoms with Gasteiger partial charge in [0.05, 0.1) is 18.8 Å². The summed E-state index contributed by atoms with van der Waals surface area (Å²) in [7, 11) is 4.12. The van der Waals surface area contributed by atoms with Gasteiger partial charge < -0.3 is 4.90 Å². The lowest BCUT2D eigenvalue weighted by Crippen LogP contribution is -2.38. The molecule has 0 aliphatic carbocycles. The Kier molecular flexibility index (Phi) is 7.72. The van der Waals surface area contributed by atoms with Crippen molar-refractivity contribution in [3.05, 3.63) is 87.3 Å². The van der Waals surface area contributed by atoms with Crippen molar-refractivity contribution in [1.29, 1.82) is 0 Å². The van der Waals surface area contributed by atoms with Crippen LogP contribution in [0.15, 0.2) is 59.7 Å². The summed E-state index contributed by atoms with van der Waals surface area (Å²) < 4.78 is 1.80. The zero-order valence-corrected chi connectivity index (χ0v) is 20.5. The predicted molar refractivity (Wildman–Crippen MR) is 135 cm³/mol. The minimum Gasteiger partial charge on any atom is -0.308 e. The van der Waals surface area contributed by atoms with Gasteiger partial charge in [0.2, 0.25) is 0 Å². The van der Waals surface area contributed by atoms with Gasteiger partial charge in [-0.2, -0.15) is 5.10 Å². The van der Waals surface area contributed by atoms with Gasteiger partial charge in [0.15, 0.2) is 5.65 Å². The fraction of sp³-hybridized carbons (Fsp3) is 0.360. The number of H-pyrrole nitrogens is 1. The van der Waals surface area contributed by atoms with Gasteiger partial charge in [-0.3, -0.25) is 19.4 Å². The number of aromatic nitrogens is 5. The number of nitrogens with one attached hydrogen (secondary N) is 1. The van der Waals surface area contributed by atoms with E-state index in [0.717, 1.165) is 36.5 Å². The van der Waals surface area contributed by atoms with E-state index in [1.54, 1.807) is 17.0 Å². The molecule has 0 fully saturated rings. The van der Waals surface area contributed by atoms with E-state index in [1.165, 1.54) is 0 Å². The van der Waals surface area contributed by atoms with E-state index in [9.17, 15) is 4.79 Å². The summed E-state index contributed by atoms with van der Waals surface area (Å²) in [6.45, 7) is 4.91. The third kappa shape index (κ3) is 5.52.